The summed E-state index contributed by atoms with van der Waals surface area (Å²) >= 11 is 11.8. The number of halogens is 2. The van der Waals surface area contributed by atoms with Crippen molar-refractivity contribution in [1.82, 2.24) is 4.90 Å². The molecule has 5 heteroatoms. The first-order chi connectivity index (χ1) is 9.08. The van der Waals surface area contributed by atoms with E-state index < -0.39 is 0 Å². The number of hydrogen-bond donors (Lipinski definition) is 1. The summed E-state index contributed by atoms with van der Waals surface area (Å²) in [6.45, 7) is 2.95. The van der Waals surface area contributed by atoms with Crippen molar-refractivity contribution in [1.29, 1.82) is 0 Å². The predicted molar refractivity (Wildman–Crippen MR) is 78.7 cm³/mol. The van der Waals surface area contributed by atoms with Crippen LogP contribution in [0.4, 0.5) is 0 Å². The van der Waals surface area contributed by atoms with Crippen molar-refractivity contribution in [2.24, 2.45) is 0 Å². The van der Waals surface area contributed by atoms with Crippen molar-refractivity contribution in [3.05, 3.63) is 33.8 Å². The van der Waals surface area contributed by atoms with E-state index in [0.29, 0.717) is 29.6 Å². The van der Waals surface area contributed by atoms with Gasteiger partial charge in [0, 0.05) is 19.5 Å². The number of rotatable bonds is 7. The van der Waals surface area contributed by atoms with Gasteiger partial charge in [-0.15, -0.1) is 0 Å². The average Bonchev–Trinajstić information content (AvgIpc) is 2.40. The minimum absolute atomic E-state index is 0.00632. The van der Waals surface area contributed by atoms with E-state index in [1.54, 1.807) is 11.0 Å². The molecule has 0 atom stereocenters. The second-order valence-electron chi connectivity index (χ2n) is 4.30. The first-order valence-corrected chi connectivity index (χ1v) is 7.16. The van der Waals surface area contributed by atoms with Crippen LogP contribution in [0.1, 0.15) is 25.3 Å². The molecule has 0 bridgehead atoms. The number of aryl methyl sites for hydroxylation is 1. The standard InChI is InChI=1S/C14H19Cl2NO2/c1-2-17(8-9-18)14(19)5-3-4-11-6-7-12(15)13(16)10-11/h6-7,10,18H,2-5,8-9H2,1H3. The maximum absolute atomic E-state index is 11.8. The molecular formula is C14H19Cl2NO2. The molecule has 1 N–H and O–H groups in total. The lowest BCUT2D eigenvalue weighted by atomic mass is 10.1. The molecule has 1 amide bonds. The van der Waals surface area contributed by atoms with E-state index in [-0.39, 0.29) is 12.5 Å². The summed E-state index contributed by atoms with van der Waals surface area (Å²) in [6, 6.07) is 5.52. The fourth-order valence-corrected chi connectivity index (χ4v) is 2.20. The quantitative estimate of drug-likeness (QED) is 0.840. The number of amides is 1. The zero-order valence-corrected chi connectivity index (χ0v) is 12.5. The van der Waals surface area contributed by atoms with Crippen molar-refractivity contribution in [2.75, 3.05) is 19.7 Å². The van der Waals surface area contributed by atoms with Gasteiger partial charge in [-0.1, -0.05) is 29.3 Å². The van der Waals surface area contributed by atoms with E-state index in [4.69, 9.17) is 28.3 Å². The molecule has 106 valence electrons. The fourth-order valence-electron chi connectivity index (χ4n) is 1.88. The van der Waals surface area contributed by atoms with Gasteiger partial charge in [-0.05, 0) is 37.5 Å². The number of hydrogen-bond acceptors (Lipinski definition) is 2. The fraction of sp³-hybridized carbons (Fsp3) is 0.500. The Morgan fingerprint density at radius 3 is 2.63 bits per heavy atom. The van der Waals surface area contributed by atoms with Crippen molar-refractivity contribution >= 4 is 29.1 Å². The SMILES string of the molecule is CCN(CCO)C(=O)CCCc1ccc(Cl)c(Cl)c1. The third kappa shape index (κ3) is 5.39. The van der Waals surface area contributed by atoms with Gasteiger partial charge >= 0.3 is 0 Å². The Balaban J connectivity index is 2.40. The lowest BCUT2D eigenvalue weighted by molar-refractivity contribution is -0.131. The minimum atomic E-state index is 0.00632. The molecule has 0 aromatic heterocycles. The topological polar surface area (TPSA) is 40.5 Å². The molecule has 3 nitrogen and oxygen atoms in total. The number of benzene rings is 1. The van der Waals surface area contributed by atoms with Gasteiger partial charge in [0.05, 0.1) is 16.7 Å². The highest BCUT2D eigenvalue weighted by molar-refractivity contribution is 6.42. The van der Waals surface area contributed by atoms with Crippen LogP contribution < -0.4 is 0 Å². The summed E-state index contributed by atoms with van der Waals surface area (Å²) in [7, 11) is 0. The maximum Gasteiger partial charge on any atom is 0.222 e. The number of likely N-dealkylation sites (N-methyl/N-ethyl adjacent to an activating group) is 1. The molecule has 1 aromatic rings. The van der Waals surface area contributed by atoms with Crippen LogP contribution in [-0.2, 0) is 11.2 Å². The number of carbonyl (C=O) groups is 1. The van der Waals surface area contributed by atoms with Gasteiger partial charge < -0.3 is 10.0 Å². The molecule has 0 unspecified atom stereocenters. The lowest BCUT2D eigenvalue weighted by Gasteiger charge is -2.19. The van der Waals surface area contributed by atoms with Gasteiger partial charge in [-0.3, -0.25) is 4.79 Å². The maximum atomic E-state index is 11.8. The van der Waals surface area contributed by atoms with Crippen molar-refractivity contribution in [3.63, 3.8) is 0 Å². The summed E-state index contributed by atoms with van der Waals surface area (Å²) in [6.07, 6.45) is 2.03. The predicted octanol–water partition coefficient (Wildman–Crippen LogP) is 3.16. The van der Waals surface area contributed by atoms with Crippen LogP contribution in [0.5, 0.6) is 0 Å². The summed E-state index contributed by atoms with van der Waals surface area (Å²) in [5.41, 5.74) is 1.08. The summed E-state index contributed by atoms with van der Waals surface area (Å²) < 4.78 is 0. The summed E-state index contributed by atoms with van der Waals surface area (Å²) in [5.74, 6) is 0.0802. The Hall–Kier alpha value is -0.770. The van der Waals surface area contributed by atoms with E-state index in [9.17, 15) is 4.79 Å². The first-order valence-electron chi connectivity index (χ1n) is 6.41. The molecule has 0 fully saturated rings. The highest BCUT2D eigenvalue weighted by Crippen LogP contribution is 2.23. The van der Waals surface area contributed by atoms with Crippen LogP contribution in [0.25, 0.3) is 0 Å². The van der Waals surface area contributed by atoms with Crippen LogP contribution in [-0.4, -0.2) is 35.6 Å². The number of aliphatic hydroxyl groups is 1. The van der Waals surface area contributed by atoms with Crippen molar-refractivity contribution in [3.8, 4) is 0 Å². The number of aliphatic hydroxyl groups excluding tert-OH is 1. The van der Waals surface area contributed by atoms with E-state index in [2.05, 4.69) is 0 Å². The van der Waals surface area contributed by atoms with Gasteiger partial charge in [0.15, 0.2) is 0 Å². The van der Waals surface area contributed by atoms with Gasteiger partial charge in [0.25, 0.3) is 0 Å². The molecule has 0 spiro atoms. The first kappa shape index (κ1) is 16.3. The van der Waals surface area contributed by atoms with Crippen molar-refractivity contribution in [2.45, 2.75) is 26.2 Å². The van der Waals surface area contributed by atoms with E-state index >= 15 is 0 Å². The zero-order valence-electron chi connectivity index (χ0n) is 11.0. The van der Waals surface area contributed by atoms with Crippen LogP contribution >= 0.6 is 23.2 Å². The Morgan fingerprint density at radius 1 is 1.32 bits per heavy atom. The van der Waals surface area contributed by atoms with Gasteiger partial charge in [0.2, 0.25) is 5.91 Å². The van der Waals surface area contributed by atoms with Crippen molar-refractivity contribution < 1.29 is 9.90 Å². The molecule has 1 aromatic carbocycles. The Labute approximate surface area is 124 Å². The normalized spacial score (nSPS) is 10.5. The Morgan fingerprint density at radius 2 is 2.05 bits per heavy atom. The lowest BCUT2D eigenvalue weighted by Crippen LogP contribution is -2.33. The highest BCUT2D eigenvalue weighted by Gasteiger charge is 2.10. The Kier molecular flexibility index (Phi) is 7.21. The van der Waals surface area contributed by atoms with E-state index in [1.807, 2.05) is 19.1 Å². The largest absolute Gasteiger partial charge is 0.395 e. The zero-order chi connectivity index (χ0) is 14.3. The van der Waals surface area contributed by atoms with E-state index in [1.165, 1.54) is 0 Å². The molecule has 19 heavy (non-hydrogen) atoms. The molecule has 0 saturated heterocycles. The number of carbonyl (C=O) groups excluding carboxylic acids is 1. The highest BCUT2D eigenvalue weighted by atomic mass is 35.5. The second kappa shape index (κ2) is 8.41. The molecule has 0 radical (unpaired) electrons. The summed E-state index contributed by atoms with van der Waals surface area (Å²) in [5, 5.41) is 9.94. The van der Waals surface area contributed by atoms with Crippen LogP contribution in [0.3, 0.4) is 0 Å². The average molecular weight is 304 g/mol. The second-order valence-corrected chi connectivity index (χ2v) is 5.11. The molecule has 0 aliphatic heterocycles. The molecule has 0 aliphatic rings. The number of nitrogens with zero attached hydrogens (tertiary/aromatic N) is 1. The molecule has 1 rings (SSSR count). The molecule has 0 saturated carbocycles. The van der Waals surface area contributed by atoms with Crippen LogP contribution in [0.15, 0.2) is 18.2 Å². The summed E-state index contributed by atoms with van der Waals surface area (Å²) in [4.78, 5) is 13.5. The van der Waals surface area contributed by atoms with Crippen LogP contribution in [0.2, 0.25) is 10.0 Å². The monoisotopic (exact) mass is 303 g/mol. The minimum Gasteiger partial charge on any atom is -0.395 e. The van der Waals surface area contributed by atoms with Gasteiger partial charge in [0.1, 0.15) is 0 Å². The van der Waals surface area contributed by atoms with Gasteiger partial charge in [-0.25, -0.2) is 0 Å². The molecule has 0 heterocycles. The molecular weight excluding hydrogens is 285 g/mol. The van der Waals surface area contributed by atoms with Gasteiger partial charge in [-0.2, -0.15) is 0 Å². The Bertz CT molecular complexity index is 424. The third-order valence-corrected chi connectivity index (χ3v) is 3.68. The van der Waals surface area contributed by atoms with Crippen LogP contribution in [0, 0.1) is 0 Å². The van der Waals surface area contributed by atoms with E-state index in [0.717, 1.165) is 18.4 Å². The third-order valence-electron chi connectivity index (χ3n) is 2.94. The molecule has 0 aliphatic carbocycles. The smallest absolute Gasteiger partial charge is 0.222 e.